The molecule has 0 aliphatic rings. The Bertz CT molecular complexity index is 650. The molecule has 0 atom stereocenters. The van der Waals surface area contributed by atoms with Gasteiger partial charge in [0.05, 0.1) is 11.3 Å². The van der Waals surface area contributed by atoms with Crippen LogP contribution < -0.4 is 5.73 Å². The van der Waals surface area contributed by atoms with E-state index in [2.05, 4.69) is 15.1 Å². The van der Waals surface area contributed by atoms with Crippen LogP contribution in [0.3, 0.4) is 0 Å². The molecule has 0 fully saturated rings. The first-order valence-corrected chi connectivity index (χ1v) is 5.58. The van der Waals surface area contributed by atoms with Gasteiger partial charge in [-0.25, -0.2) is 0 Å². The molecule has 5 nitrogen and oxygen atoms in total. The molecule has 5 heteroatoms. The zero-order chi connectivity index (χ0) is 12.5. The van der Waals surface area contributed by atoms with Crippen molar-refractivity contribution in [2.45, 2.75) is 6.92 Å². The van der Waals surface area contributed by atoms with E-state index in [1.807, 2.05) is 43.5 Å². The predicted molar refractivity (Wildman–Crippen MR) is 68.7 cm³/mol. The van der Waals surface area contributed by atoms with Crippen molar-refractivity contribution in [3.63, 3.8) is 0 Å². The SMILES string of the molecule is Cc1cccc(N)c1-c1nc(-c2ccc[nH]2)no1. The maximum absolute atomic E-state index is 5.95. The summed E-state index contributed by atoms with van der Waals surface area (Å²) in [6.07, 6.45) is 1.81. The highest BCUT2D eigenvalue weighted by Gasteiger charge is 2.15. The minimum absolute atomic E-state index is 0.440. The molecule has 3 rings (SSSR count). The molecular formula is C13H12N4O. The van der Waals surface area contributed by atoms with Gasteiger partial charge in [0.2, 0.25) is 5.82 Å². The average molecular weight is 240 g/mol. The van der Waals surface area contributed by atoms with E-state index in [1.165, 1.54) is 0 Å². The van der Waals surface area contributed by atoms with Crippen LogP contribution in [0.4, 0.5) is 5.69 Å². The van der Waals surface area contributed by atoms with E-state index >= 15 is 0 Å². The minimum Gasteiger partial charge on any atom is -0.398 e. The highest BCUT2D eigenvalue weighted by molar-refractivity contribution is 5.74. The molecular weight excluding hydrogens is 228 g/mol. The first-order valence-electron chi connectivity index (χ1n) is 5.58. The lowest BCUT2D eigenvalue weighted by Gasteiger charge is -2.03. The van der Waals surface area contributed by atoms with E-state index in [9.17, 15) is 0 Å². The zero-order valence-corrected chi connectivity index (χ0v) is 9.84. The summed E-state index contributed by atoms with van der Waals surface area (Å²) in [7, 11) is 0. The Labute approximate surface area is 104 Å². The van der Waals surface area contributed by atoms with E-state index in [1.54, 1.807) is 0 Å². The van der Waals surface area contributed by atoms with Crippen molar-refractivity contribution in [3.05, 3.63) is 42.1 Å². The van der Waals surface area contributed by atoms with Crippen molar-refractivity contribution in [2.24, 2.45) is 0 Å². The van der Waals surface area contributed by atoms with Crippen LogP contribution in [0.2, 0.25) is 0 Å². The Hall–Kier alpha value is -2.56. The summed E-state index contributed by atoms with van der Waals surface area (Å²) in [4.78, 5) is 7.39. The maximum Gasteiger partial charge on any atom is 0.260 e. The molecule has 0 radical (unpaired) electrons. The number of H-pyrrole nitrogens is 1. The van der Waals surface area contributed by atoms with Gasteiger partial charge in [-0.2, -0.15) is 4.98 Å². The molecule has 0 unspecified atom stereocenters. The first kappa shape index (κ1) is 10.6. The van der Waals surface area contributed by atoms with Gasteiger partial charge >= 0.3 is 0 Å². The fourth-order valence-electron chi connectivity index (χ4n) is 1.89. The molecule has 0 spiro atoms. The number of nitrogens with one attached hydrogen (secondary N) is 1. The third kappa shape index (κ3) is 1.66. The average Bonchev–Trinajstić information content (AvgIpc) is 2.99. The molecule has 0 saturated heterocycles. The molecule has 1 aromatic carbocycles. The van der Waals surface area contributed by atoms with Crippen LogP contribution in [0.15, 0.2) is 41.1 Å². The van der Waals surface area contributed by atoms with Gasteiger partial charge in [0, 0.05) is 11.9 Å². The number of anilines is 1. The number of hydrogen-bond donors (Lipinski definition) is 2. The van der Waals surface area contributed by atoms with Crippen molar-refractivity contribution in [2.75, 3.05) is 5.73 Å². The largest absolute Gasteiger partial charge is 0.398 e. The lowest BCUT2D eigenvalue weighted by molar-refractivity contribution is 0.432. The number of nitrogens with zero attached hydrogens (tertiary/aromatic N) is 2. The van der Waals surface area contributed by atoms with E-state index in [4.69, 9.17) is 10.3 Å². The molecule has 0 aliphatic carbocycles. The monoisotopic (exact) mass is 240 g/mol. The molecule has 2 heterocycles. The van der Waals surface area contributed by atoms with Crippen molar-refractivity contribution >= 4 is 5.69 Å². The lowest BCUT2D eigenvalue weighted by Crippen LogP contribution is -1.92. The van der Waals surface area contributed by atoms with E-state index in [0.717, 1.165) is 16.8 Å². The van der Waals surface area contributed by atoms with Gasteiger partial charge in [-0.1, -0.05) is 17.3 Å². The van der Waals surface area contributed by atoms with E-state index in [0.29, 0.717) is 17.4 Å². The van der Waals surface area contributed by atoms with Crippen molar-refractivity contribution in [3.8, 4) is 23.0 Å². The Kier molecular flexibility index (Phi) is 2.37. The molecule has 0 saturated carbocycles. The van der Waals surface area contributed by atoms with Crippen LogP contribution in [0.1, 0.15) is 5.56 Å². The van der Waals surface area contributed by atoms with Gasteiger partial charge < -0.3 is 15.2 Å². The summed E-state index contributed by atoms with van der Waals surface area (Å²) < 4.78 is 5.28. The summed E-state index contributed by atoms with van der Waals surface area (Å²) in [6, 6.07) is 9.45. The summed E-state index contributed by atoms with van der Waals surface area (Å²) in [5, 5.41) is 3.94. The van der Waals surface area contributed by atoms with E-state index in [-0.39, 0.29) is 0 Å². The smallest absolute Gasteiger partial charge is 0.260 e. The Morgan fingerprint density at radius 1 is 1.22 bits per heavy atom. The van der Waals surface area contributed by atoms with Gasteiger partial charge in [0.15, 0.2) is 0 Å². The van der Waals surface area contributed by atoms with Crippen molar-refractivity contribution in [1.82, 2.24) is 15.1 Å². The second-order valence-electron chi connectivity index (χ2n) is 4.05. The summed E-state index contributed by atoms with van der Waals surface area (Å²) in [6.45, 7) is 1.96. The van der Waals surface area contributed by atoms with Crippen LogP contribution in [-0.2, 0) is 0 Å². The molecule has 18 heavy (non-hydrogen) atoms. The number of aromatic nitrogens is 3. The van der Waals surface area contributed by atoms with Crippen LogP contribution in [0, 0.1) is 6.92 Å². The number of rotatable bonds is 2. The van der Waals surface area contributed by atoms with Crippen molar-refractivity contribution in [1.29, 1.82) is 0 Å². The van der Waals surface area contributed by atoms with Crippen LogP contribution in [0.25, 0.3) is 23.0 Å². The first-order chi connectivity index (χ1) is 8.75. The number of nitrogen functional groups attached to an aromatic ring is 1. The van der Waals surface area contributed by atoms with Crippen LogP contribution in [-0.4, -0.2) is 15.1 Å². The summed E-state index contributed by atoms with van der Waals surface area (Å²) >= 11 is 0. The minimum atomic E-state index is 0.440. The van der Waals surface area contributed by atoms with Gasteiger partial charge in [0.1, 0.15) is 0 Å². The molecule has 3 aromatic rings. The third-order valence-electron chi connectivity index (χ3n) is 2.78. The number of aromatic amines is 1. The fourth-order valence-corrected chi connectivity index (χ4v) is 1.89. The van der Waals surface area contributed by atoms with Crippen molar-refractivity contribution < 1.29 is 4.52 Å². The standard InChI is InChI=1S/C13H12N4O/c1-8-4-2-5-9(14)11(8)13-16-12(17-18-13)10-6-3-7-15-10/h2-7,15H,14H2,1H3. The molecule has 90 valence electrons. The van der Waals surface area contributed by atoms with Gasteiger partial charge in [0.25, 0.3) is 5.89 Å². The maximum atomic E-state index is 5.95. The Balaban J connectivity index is 2.09. The summed E-state index contributed by atoms with van der Waals surface area (Å²) in [5.41, 5.74) is 9.20. The second kappa shape index (κ2) is 4.03. The normalized spacial score (nSPS) is 10.7. The van der Waals surface area contributed by atoms with Crippen LogP contribution >= 0.6 is 0 Å². The topological polar surface area (TPSA) is 80.7 Å². The Morgan fingerprint density at radius 2 is 2.11 bits per heavy atom. The summed E-state index contributed by atoms with van der Waals surface area (Å²) in [5.74, 6) is 0.966. The molecule has 0 bridgehead atoms. The van der Waals surface area contributed by atoms with E-state index < -0.39 is 0 Å². The molecule has 0 aliphatic heterocycles. The molecule has 0 amide bonds. The fraction of sp³-hybridized carbons (Fsp3) is 0.0769. The van der Waals surface area contributed by atoms with Gasteiger partial charge in [-0.15, -0.1) is 0 Å². The Morgan fingerprint density at radius 3 is 2.83 bits per heavy atom. The highest BCUT2D eigenvalue weighted by Crippen LogP contribution is 2.29. The number of benzene rings is 1. The van der Waals surface area contributed by atoms with Crippen LogP contribution in [0.5, 0.6) is 0 Å². The van der Waals surface area contributed by atoms with Gasteiger partial charge in [-0.05, 0) is 30.7 Å². The quantitative estimate of drug-likeness (QED) is 0.675. The number of aryl methyl sites for hydroxylation is 1. The third-order valence-corrected chi connectivity index (χ3v) is 2.78. The predicted octanol–water partition coefficient (Wildman–Crippen LogP) is 2.62. The zero-order valence-electron chi connectivity index (χ0n) is 9.84. The lowest BCUT2D eigenvalue weighted by atomic mass is 10.1. The second-order valence-corrected chi connectivity index (χ2v) is 4.05. The molecule has 2 aromatic heterocycles. The number of nitrogens with two attached hydrogens (primary N) is 1. The highest BCUT2D eigenvalue weighted by atomic mass is 16.5. The number of hydrogen-bond acceptors (Lipinski definition) is 4. The molecule has 3 N–H and O–H groups in total. The van der Waals surface area contributed by atoms with Gasteiger partial charge in [-0.3, -0.25) is 0 Å².